The molecule has 0 unspecified atom stereocenters. The van der Waals surface area contributed by atoms with Gasteiger partial charge in [0.1, 0.15) is 11.5 Å². The molecule has 0 amide bonds. The number of aryl methyl sites for hydroxylation is 2. The Bertz CT molecular complexity index is 842. The fraction of sp³-hybridized carbons (Fsp3) is 0.294. The number of hydrogen-bond acceptors (Lipinski definition) is 4. The number of phenolic OH excluding ortho intramolecular Hbond substituents is 2. The second-order valence-corrected chi connectivity index (χ2v) is 7.54. The lowest BCUT2D eigenvalue weighted by atomic mass is 10.0. The molecule has 2 N–H and O–H groups in total. The van der Waals surface area contributed by atoms with E-state index in [9.17, 15) is 18.6 Å². The van der Waals surface area contributed by atoms with Crippen molar-refractivity contribution in [2.24, 2.45) is 0 Å². The Morgan fingerprint density at radius 2 is 1.27 bits per heavy atom. The maximum absolute atomic E-state index is 13.0. The SMILES string of the molecule is Cc1cc(O)cc(C)c1S(=O)(=O)c1cc(O)c(C)c(C)c1C. The molecule has 22 heavy (non-hydrogen) atoms. The summed E-state index contributed by atoms with van der Waals surface area (Å²) in [4.78, 5) is 0.279. The molecule has 118 valence electrons. The van der Waals surface area contributed by atoms with Crippen LogP contribution in [0.3, 0.4) is 0 Å². The fourth-order valence-corrected chi connectivity index (χ4v) is 4.75. The van der Waals surface area contributed by atoms with Gasteiger partial charge in [0.15, 0.2) is 0 Å². The summed E-state index contributed by atoms with van der Waals surface area (Å²) in [5.41, 5.74) is 3.02. The number of hydrogen-bond donors (Lipinski definition) is 2. The number of aromatic hydroxyl groups is 2. The topological polar surface area (TPSA) is 74.6 Å². The third kappa shape index (κ3) is 2.46. The van der Waals surface area contributed by atoms with E-state index >= 15 is 0 Å². The molecule has 0 aliphatic heterocycles. The van der Waals surface area contributed by atoms with Crippen LogP contribution in [-0.4, -0.2) is 18.6 Å². The number of phenols is 2. The molecule has 0 saturated heterocycles. The first-order chi connectivity index (χ1) is 10.1. The molecule has 0 atom stereocenters. The van der Waals surface area contributed by atoms with Crippen LogP contribution in [0.4, 0.5) is 0 Å². The Labute approximate surface area is 131 Å². The van der Waals surface area contributed by atoms with Gasteiger partial charge in [0.25, 0.3) is 0 Å². The average Bonchev–Trinajstić information content (AvgIpc) is 2.38. The van der Waals surface area contributed by atoms with Gasteiger partial charge >= 0.3 is 0 Å². The standard InChI is InChI=1S/C17H20O4S/c1-9-6-14(18)7-10(2)17(9)22(20,21)16-8-15(19)12(4)11(3)13(16)5/h6-8,18-19H,1-5H3. The molecular formula is C17H20O4S. The van der Waals surface area contributed by atoms with E-state index < -0.39 is 9.84 Å². The second kappa shape index (κ2) is 5.32. The minimum Gasteiger partial charge on any atom is -0.508 e. The van der Waals surface area contributed by atoms with Crippen LogP contribution in [0, 0.1) is 34.6 Å². The highest BCUT2D eigenvalue weighted by molar-refractivity contribution is 7.91. The first-order valence-corrected chi connectivity index (χ1v) is 8.40. The Morgan fingerprint density at radius 1 is 0.773 bits per heavy atom. The molecule has 2 aromatic rings. The molecule has 0 spiro atoms. The molecule has 0 aromatic heterocycles. The highest BCUT2D eigenvalue weighted by atomic mass is 32.2. The van der Waals surface area contributed by atoms with Gasteiger partial charge in [-0.1, -0.05) is 0 Å². The maximum Gasteiger partial charge on any atom is 0.207 e. The van der Waals surface area contributed by atoms with Crippen molar-refractivity contribution in [2.45, 2.75) is 44.4 Å². The summed E-state index contributed by atoms with van der Waals surface area (Å²) in [6, 6.07) is 4.16. The quantitative estimate of drug-likeness (QED) is 0.888. The summed E-state index contributed by atoms with van der Waals surface area (Å²) >= 11 is 0. The molecule has 2 aromatic carbocycles. The van der Waals surface area contributed by atoms with Crippen molar-refractivity contribution < 1.29 is 18.6 Å². The van der Waals surface area contributed by atoms with Crippen molar-refractivity contribution in [1.29, 1.82) is 0 Å². The van der Waals surface area contributed by atoms with E-state index in [1.165, 1.54) is 18.2 Å². The van der Waals surface area contributed by atoms with E-state index in [-0.39, 0.29) is 21.3 Å². The van der Waals surface area contributed by atoms with E-state index in [1.807, 2.05) is 0 Å². The average molecular weight is 320 g/mol. The Hall–Kier alpha value is -2.01. The van der Waals surface area contributed by atoms with Gasteiger partial charge in [-0.25, -0.2) is 8.42 Å². The lowest BCUT2D eigenvalue weighted by Gasteiger charge is -2.16. The van der Waals surface area contributed by atoms with E-state index in [1.54, 1.807) is 34.6 Å². The largest absolute Gasteiger partial charge is 0.508 e. The zero-order valence-electron chi connectivity index (χ0n) is 13.4. The van der Waals surface area contributed by atoms with Crippen LogP contribution in [0.5, 0.6) is 11.5 Å². The molecule has 0 bridgehead atoms. The Kier molecular flexibility index (Phi) is 3.96. The van der Waals surface area contributed by atoms with Crippen molar-refractivity contribution in [3.05, 3.63) is 46.0 Å². The normalized spacial score (nSPS) is 11.7. The van der Waals surface area contributed by atoms with E-state index in [0.29, 0.717) is 22.3 Å². The Balaban J connectivity index is 2.83. The zero-order chi connectivity index (χ0) is 16.8. The summed E-state index contributed by atoms with van der Waals surface area (Å²) in [7, 11) is -3.78. The summed E-state index contributed by atoms with van der Waals surface area (Å²) in [5.74, 6) is 0.00404. The van der Waals surface area contributed by atoms with Gasteiger partial charge in [0, 0.05) is 0 Å². The van der Waals surface area contributed by atoms with Crippen LogP contribution in [0.15, 0.2) is 28.0 Å². The molecular weight excluding hydrogens is 300 g/mol. The van der Waals surface area contributed by atoms with Crippen molar-refractivity contribution in [1.82, 2.24) is 0 Å². The molecule has 0 heterocycles. The number of benzene rings is 2. The fourth-order valence-electron chi connectivity index (χ4n) is 2.74. The zero-order valence-corrected chi connectivity index (χ0v) is 14.2. The summed E-state index contributed by atoms with van der Waals surface area (Å²) in [6.45, 7) is 8.58. The van der Waals surface area contributed by atoms with Gasteiger partial charge in [-0.2, -0.15) is 0 Å². The number of rotatable bonds is 2. The molecule has 0 radical (unpaired) electrons. The van der Waals surface area contributed by atoms with E-state index in [2.05, 4.69) is 0 Å². The lowest BCUT2D eigenvalue weighted by Crippen LogP contribution is -2.09. The van der Waals surface area contributed by atoms with Crippen LogP contribution in [0.2, 0.25) is 0 Å². The number of sulfone groups is 1. The predicted octanol–water partition coefficient (Wildman–Crippen LogP) is 3.47. The van der Waals surface area contributed by atoms with Crippen molar-refractivity contribution in [2.75, 3.05) is 0 Å². The summed E-state index contributed by atoms with van der Waals surface area (Å²) < 4.78 is 26.1. The van der Waals surface area contributed by atoms with Crippen LogP contribution in [0.25, 0.3) is 0 Å². The first kappa shape index (κ1) is 16.4. The third-order valence-electron chi connectivity index (χ3n) is 4.15. The maximum atomic E-state index is 13.0. The molecule has 0 aliphatic rings. The van der Waals surface area contributed by atoms with E-state index in [4.69, 9.17) is 0 Å². The molecule has 0 saturated carbocycles. The van der Waals surface area contributed by atoms with Gasteiger partial charge in [0.05, 0.1) is 9.79 Å². The highest BCUT2D eigenvalue weighted by Gasteiger charge is 2.26. The molecule has 5 heteroatoms. The summed E-state index contributed by atoms with van der Waals surface area (Å²) in [6.07, 6.45) is 0. The smallest absolute Gasteiger partial charge is 0.207 e. The molecule has 0 aliphatic carbocycles. The van der Waals surface area contributed by atoms with E-state index in [0.717, 1.165) is 5.56 Å². The molecule has 4 nitrogen and oxygen atoms in total. The second-order valence-electron chi connectivity index (χ2n) is 5.68. The van der Waals surface area contributed by atoms with Crippen molar-refractivity contribution >= 4 is 9.84 Å². The van der Waals surface area contributed by atoms with Gasteiger partial charge in [0.2, 0.25) is 9.84 Å². The highest BCUT2D eigenvalue weighted by Crippen LogP contribution is 2.35. The van der Waals surface area contributed by atoms with Crippen molar-refractivity contribution in [3.8, 4) is 11.5 Å². The van der Waals surface area contributed by atoms with Gasteiger partial charge in [-0.05, 0) is 80.6 Å². The van der Waals surface area contributed by atoms with Crippen LogP contribution < -0.4 is 0 Å². The van der Waals surface area contributed by atoms with Gasteiger partial charge in [-0.15, -0.1) is 0 Å². The minimum absolute atomic E-state index is 0.0317. The monoisotopic (exact) mass is 320 g/mol. The lowest BCUT2D eigenvalue weighted by molar-refractivity contribution is 0.467. The molecule has 0 fully saturated rings. The van der Waals surface area contributed by atoms with Crippen LogP contribution in [0.1, 0.15) is 27.8 Å². The van der Waals surface area contributed by atoms with Crippen LogP contribution >= 0.6 is 0 Å². The predicted molar refractivity (Wildman–Crippen MR) is 85.4 cm³/mol. The Morgan fingerprint density at radius 3 is 1.77 bits per heavy atom. The van der Waals surface area contributed by atoms with Gasteiger partial charge < -0.3 is 10.2 Å². The summed E-state index contributed by atoms with van der Waals surface area (Å²) in [5, 5.41) is 19.6. The van der Waals surface area contributed by atoms with Gasteiger partial charge in [-0.3, -0.25) is 0 Å². The van der Waals surface area contributed by atoms with Crippen molar-refractivity contribution in [3.63, 3.8) is 0 Å². The molecule has 2 rings (SSSR count). The van der Waals surface area contributed by atoms with Crippen LogP contribution in [-0.2, 0) is 9.84 Å². The first-order valence-electron chi connectivity index (χ1n) is 6.92. The minimum atomic E-state index is -3.78. The third-order valence-corrected chi connectivity index (χ3v) is 6.33.